The van der Waals surface area contributed by atoms with E-state index in [2.05, 4.69) is 15.3 Å². The SMILES string of the molecule is CC(=O)N1CCc2cc(Nc3ncc(C(F)(F)F)c(N4OCCC4c4ccccc4)n3)ccc2C1. The van der Waals surface area contributed by atoms with E-state index in [-0.39, 0.29) is 24.3 Å². The molecule has 10 heteroatoms. The van der Waals surface area contributed by atoms with Crippen LogP contribution in [0.3, 0.4) is 0 Å². The van der Waals surface area contributed by atoms with E-state index in [1.807, 2.05) is 48.5 Å². The Kier molecular flexibility index (Phi) is 6.06. The van der Waals surface area contributed by atoms with Gasteiger partial charge in [-0.2, -0.15) is 18.2 Å². The topological polar surface area (TPSA) is 70.6 Å². The molecule has 182 valence electrons. The Morgan fingerprint density at radius 2 is 1.94 bits per heavy atom. The first-order chi connectivity index (χ1) is 16.8. The minimum absolute atomic E-state index is 0.0291. The number of hydrogen-bond acceptors (Lipinski definition) is 6. The summed E-state index contributed by atoms with van der Waals surface area (Å²) in [5.74, 6) is -0.255. The molecule has 3 aromatic rings. The van der Waals surface area contributed by atoms with Crippen molar-refractivity contribution in [3.8, 4) is 0 Å². The smallest absolute Gasteiger partial charge is 0.338 e. The van der Waals surface area contributed by atoms with Crippen molar-refractivity contribution >= 4 is 23.4 Å². The molecule has 1 N–H and O–H groups in total. The van der Waals surface area contributed by atoms with Crippen LogP contribution in [0.5, 0.6) is 0 Å². The molecule has 2 aliphatic heterocycles. The lowest BCUT2D eigenvalue weighted by Gasteiger charge is -2.28. The van der Waals surface area contributed by atoms with Crippen molar-refractivity contribution in [1.29, 1.82) is 0 Å². The lowest BCUT2D eigenvalue weighted by atomic mass is 9.99. The second-order valence-electron chi connectivity index (χ2n) is 8.60. The molecule has 1 saturated heterocycles. The second kappa shape index (κ2) is 9.18. The molecule has 0 spiro atoms. The molecule has 2 aliphatic rings. The van der Waals surface area contributed by atoms with Crippen LogP contribution in [0.1, 0.15) is 41.6 Å². The van der Waals surface area contributed by atoms with Gasteiger partial charge < -0.3 is 10.2 Å². The number of nitrogens with one attached hydrogen (secondary N) is 1. The van der Waals surface area contributed by atoms with Crippen LogP contribution in [0.25, 0.3) is 0 Å². The fourth-order valence-corrected chi connectivity index (χ4v) is 4.49. The summed E-state index contributed by atoms with van der Waals surface area (Å²) in [7, 11) is 0. The van der Waals surface area contributed by atoms with Gasteiger partial charge in [0.2, 0.25) is 11.9 Å². The summed E-state index contributed by atoms with van der Waals surface area (Å²) in [6, 6.07) is 14.5. The summed E-state index contributed by atoms with van der Waals surface area (Å²) in [6.07, 6.45) is -2.62. The highest BCUT2D eigenvalue weighted by atomic mass is 19.4. The molecule has 1 amide bonds. The molecule has 3 heterocycles. The van der Waals surface area contributed by atoms with Gasteiger partial charge >= 0.3 is 6.18 Å². The highest BCUT2D eigenvalue weighted by Crippen LogP contribution is 2.41. The predicted octanol–water partition coefficient (Wildman–Crippen LogP) is 5.03. The highest BCUT2D eigenvalue weighted by molar-refractivity contribution is 5.73. The molecule has 1 aromatic heterocycles. The summed E-state index contributed by atoms with van der Waals surface area (Å²) in [5.41, 5.74) is 2.67. The van der Waals surface area contributed by atoms with Gasteiger partial charge in [-0.05, 0) is 35.2 Å². The van der Waals surface area contributed by atoms with Crippen molar-refractivity contribution in [2.75, 3.05) is 23.5 Å². The molecule has 35 heavy (non-hydrogen) atoms. The Morgan fingerprint density at radius 3 is 2.69 bits per heavy atom. The molecule has 7 nitrogen and oxygen atoms in total. The number of nitrogens with zero attached hydrogens (tertiary/aromatic N) is 4. The van der Waals surface area contributed by atoms with Gasteiger partial charge in [-0.15, -0.1) is 0 Å². The summed E-state index contributed by atoms with van der Waals surface area (Å²) in [6.45, 7) is 3.00. The fraction of sp³-hybridized carbons (Fsp3) is 0.320. The number of carbonyl (C=O) groups is 1. The van der Waals surface area contributed by atoms with E-state index in [1.165, 1.54) is 5.06 Å². The molecular formula is C25H24F3N5O2. The number of alkyl halides is 3. The normalized spacial score (nSPS) is 17.9. The standard InChI is InChI=1S/C25H24F3N5O2/c1-16(34)32-11-9-18-13-20(8-7-19(18)15-32)30-24-29-14-21(25(26,27)28)23(31-24)33-22(10-12-35-33)17-5-3-2-4-6-17/h2-8,13-14,22H,9-12,15H2,1H3,(H,29,30,31). The molecule has 0 bridgehead atoms. The van der Waals surface area contributed by atoms with Gasteiger partial charge in [0, 0.05) is 38.3 Å². The van der Waals surface area contributed by atoms with Gasteiger partial charge in [0.05, 0.1) is 12.6 Å². The van der Waals surface area contributed by atoms with E-state index >= 15 is 0 Å². The zero-order valence-electron chi connectivity index (χ0n) is 19.0. The van der Waals surface area contributed by atoms with Gasteiger partial charge in [0.15, 0.2) is 5.82 Å². The molecule has 5 rings (SSSR count). The average molecular weight is 483 g/mol. The Morgan fingerprint density at radius 1 is 1.14 bits per heavy atom. The Labute approximate surface area is 200 Å². The zero-order valence-corrected chi connectivity index (χ0v) is 19.0. The minimum Gasteiger partial charge on any atom is -0.338 e. The van der Waals surface area contributed by atoms with Gasteiger partial charge in [-0.1, -0.05) is 36.4 Å². The van der Waals surface area contributed by atoms with E-state index in [1.54, 1.807) is 11.8 Å². The minimum atomic E-state index is -4.64. The predicted molar refractivity (Wildman–Crippen MR) is 124 cm³/mol. The first-order valence-electron chi connectivity index (χ1n) is 11.4. The van der Waals surface area contributed by atoms with E-state index in [0.29, 0.717) is 31.6 Å². The van der Waals surface area contributed by atoms with Crippen molar-refractivity contribution in [3.05, 3.63) is 77.0 Å². The van der Waals surface area contributed by atoms with Gasteiger partial charge in [-0.25, -0.2) is 10.0 Å². The molecular weight excluding hydrogens is 459 g/mol. The maximum absolute atomic E-state index is 13.9. The number of aromatic nitrogens is 2. The van der Waals surface area contributed by atoms with Crippen LogP contribution in [0.4, 0.5) is 30.6 Å². The van der Waals surface area contributed by atoms with Crippen LogP contribution in [0, 0.1) is 0 Å². The van der Waals surface area contributed by atoms with Crippen LogP contribution in [0.15, 0.2) is 54.7 Å². The number of rotatable bonds is 4. The van der Waals surface area contributed by atoms with E-state index in [0.717, 1.165) is 22.9 Å². The lowest BCUT2D eigenvalue weighted by Crippen LogP contribution is -2.34. The lowest BCUT2D eigenvalue weighted by molar-refractivity contribution is -0.138. The van der Waals surface area contributed by atoms with Gasteiger partial charge in [-0.3, -0.25) is 9.63 Å². The van der Waals surface area contributed by atoms with E-state index in [9.17, 15) is 18.0 Å². The number of carbonyl (C=O) groups excluding carboxylic acids is 1. The quantitative estimate of drug-likeness (QED) is 0.562. The average Bonchev–Trinajstić information content (AvgIpc) is 3.33. The van der Waals surface area contributed by atoms with Crippen molar-refractivity contribution in [1.82, 2.24) is 14.9 Å². The van der Waals surface area contributed by atoms with Crippen molar-refractivity contribution < 1.29 is 22.8 Å². The van der Waals surface area contributed by atoms with Crippen LogP contribution < -0.4 is 10.4 Å². The summed E-state index contributed by atoms with van der Waals surface area (Å²) < 4.78 is 41.6. The molecule has 0 radical (unpaired) electrons. The third-order valence-electron chi connectivity index (χ3n) is 6.29. The number of hydrogen-bond donors (Lipinski definition) is 1. The van der Waals surface area contributed by atoms with E-state index < -0.39 is 17.8 Å². The zero-order chi connectivity index (χ0) is 24.6. The monoisotopic (exact) mass is 483 g/mol. The second-order valence-corrected chi connectivity index (χ2v) is 8.60. The van der Waals surface area contributed by atoms with E-state index in [4.69, 9.17) is 4.84 Å². The maximum Gasteiger partial charge on any atom is 0.421 e. The number of hydroxylamine groups is 1. The molecule has 2 aromatic carbocycles. The first-order valence-corrected chi connectivity index (χ1v) is 11.4. The van der Waals surface area contributed by atoms with Gasteiger partial charge in [0.1, 0.15) is 5.56 Å². The summed E-state index contributed by atoms with van der Waals surface area (Å²) >= 11 is 0. The number of benzene rings is 2. The number of anilines is 3. The third-order valence-corrected chi connectivity index (χ3v) is 6.29. The molecule has 1 fully saturated rings. The van der Waals surface area contributed by atoms with Crippen LogP contribution >= 0.6 is 0 Å². The number of fused-ring (bicyclic) bond motifs is 1. The number of amides is 1. The number of halogens is 3. The fourth-order valence-electron chi connectivity index (χ4n) is 4.49. The molecule has 0 aliphatic carbocycles. The van der Waals surface area contributed by atoms with Crippen LogP contribution in [-0.2, 0) is 28.8 Å². The van der Waals surface area contributed by atoms with Crippen molar-refractivity contribution in [2.24, 2.45) is 0 Å². The van der Waals surface area contributed by atoms with Crippen LogP contribution in [-0.4, -0.2) is 33.9 Å². The summed E-state index contributed by atoms with van der Waals surface area (Å²) in [5, 5.41) is 4.28. The summed E-state index contributed by atoms with van der Waals surface area (Å²) in [4.78, 5) is 27.3. The van der Waals surface area contributed by atoms with Gasteiger partial charge in [0.25, 0.3) is 0 Å². The maximum atomic E-state index is 13.9. The van der Waals surface area contributed by atoms with Crippen molar-refractivity contribution in [2.45, 2.75) is 38.5 Å². The Balaban J connectivity index is 1.45. The first kappa shape index (κ1) is 23.1. The van der Waals surface area contributed by atoms with Crippen LogP contribution in [0.2, 0.25) is 0 Å². The van der Waals surface area contributed by atoms with Crippen molar-refractivity contribution in [3.63, 3.8) is 0 Å². The third kappa shape index (κ3) is 4.79. The molecule has 1 atom stereocenters. The largest absolute Gasteiger partial charge is 0.421 e. The highest BCUT2D eigenvalue weighted by Gasteiger charge is 2.40. The Bertz CT molecular complexity index is 1240. The Hall–Kier alpha value is -3.66. The molecule has 0 saturated carbocycles. The molecule has 1 unspecified atom stereocenters.